The Bertz CT molecular complexity index is 961. The van der Waals surface area contributed by atoms with Crippen LogP contribution in [0.2, 0.25) is 0 Å². The summed E-state index contributed by atoms with van der Waals surface area (Å²) in [7, 11) is 0. The Balaban J connectivity index is 1.36. The van der Waals surface area contributed by atoms with E-state index in [1.807, 2.05) is 0 Å². The van der Waals surface area contributed by atoms with Gasteiger partial charge in [0.2, 0.25) is 5.91 Å². The zero-order valence-electron chi connectivity index (χ0n) is 15.8. The van der Waals surface area contributed by atoms with E-state index < -0.39 is 0 Å². The van der Waals surface area contributed by atoms with Gasteiger partial charge in [-0.2, -0.15) is 0 Å². The summed E-state index contributed by atoms with van der Waals surface area (Å²) < 4.78 is 19.5. The lowest BCUT2D eigenvalue weighted by Gasteiger charge is -2.19. The highest BCUT2D eigenvalue weighted by molar-refractivity contribution is 5.76. The second kappa shape index (κ2) is 7.97. The van der Waals surface area contributed by atoms with E-state index in [9.17, 15) is 9.18 Å². The van der Waals surface area contributed by atoms with Crippen LogP contribution in [0.5, 0.6) is 0 Å². The van der Waals surface area contributed by atoms with Gasteiger partial charge in [-0.05, 0) is 43.4 Å². The number of benzene rings is 2. The monoisotopic (exact) mass is 378 g/mol. The molecular formula is C23H23FN2O2. The van der Waals surface area contributed by atoms with Gasteiger partial charge in [-0.25, -0.2) is 9.37 Å². The van der Waals surface area contributed by atoms with Crippen molar-refractivity contribution >= 4 is 5.91 Å². The Labute approximate surface area is 163 Å². The van der Waals surface area contributed by atoms with Crippen LogP contribution < -0.4 is 5.32 Å². The number of amides is 1. The predicted molar refractivity (Wildman–Crippen MR) is 105 cm³/mol. The number of oxazole rings is 1. The maximum absolute atomic E-state index is 13.9. The van der Waals surface area contributed by atoms with Crippen molar-refractivity contribution in [2.24, 2.45) is 5.92 Å². The minimum Gasteiger partial charge on any atom is -0.441 e. The van der Waals surface area contributed by atoms with Crippen LogP contribution in [-0.2, 0) is 11.2 Å². The third kappa shape index (κ3) is 4.30. The van der Waals surface area contributed by atoms with Gasteiger partial charge in [0, 0.05) is 12.8 Å². The molecule has 1 N–H and O–H groups in total. The van der Waals surface area contributed by atoms with E-state index in [2.05, 4.69) is 41.5 Å². The third-order valence-electron chi connectivity index (χ3n) is 5.11. The van der Waals surface area contributed by atoms with Gasteiger partial charge >= 0.3 is 0 Å². The molecule has 1 unspecified atom stereocenters. The van der Waals surface area contributed by atoms with Gasteiger partial charge in [0.25, 0.3) is 0 Å². The number of hydrogen-bond donors (Lipinski definition) is 1. The number of carbonyl (C=O) groups is 1. The molecule has 1 atom stereocenters. The molecule has 0 saturated heterocycles. The van der Waals surface area contributed by atoms with Crippen molar-refractivity contribution < 1.29 is 13.6 Å². The minimum atomic E-state index is -0.353. The molecule has 5 heteroatoms. The largest absolute Gasteiger partial charge is 0.441 e. The van der Waals surface area contributed by atoms with Crippen molar-refractivity contribution in [3.8, 4) is 11.3 Å². The number of rotatable bonds is 7. The zero-order valence-corrected chi connectivity index (χ0v) is 15.8. The predicted octanol–water partition coefficient (Wildman–Crippen LogP) is 4.99. The highest BCUT2D eigenvalue weighted by atomic mass is 19.1. The normalized spacial score (nSPS) is 14.6. The highest BCUT2D eigenvalue weighted by Crippen LogP contribution is 2.41. The Hall–Kier alpha value is -2.95. The molecule has 1 fully saturated rings. The van der Waals surface area contributed by atoms with Crippen molar-refractivity contribution in [2.45, 2.75) is 38.6 Å². The molecule has 2 aromatic carbocycles. The van der Waals surface area contributed by atoms with Gasteiger partial charge in [-0.3, -0.25) is 4.79 Å². The van der Waals surface area contributed by atoms with Crippen LogP contribution in [0.4, 0.5) is 4.39 Å². The smallest absolute Gasteiger partial charge is 0.221 e. The molecule has 0 spiro atoms. The summed E-state index contributed by atoms with van der Waals surface area (Å²) in [5.74, 6) is 0.952. The van der Waals surface area contributed by atoms with E-state index in [1.165, 1.54) is 17.8 Å². The number of aromatic nitrogens is 1. The molecule has 144 valence electrons. The van der Waals surface area contributed by atoms with Crippen molar-refractivity contribution in [1.29, 1.82) is 0 Å². The van der Waals surface area contributed by atoms with E-state index in [4.69, 9.17) is 4.42 Å². The fourth-order valence-electron chi connectivity index (χ4n) is 3.35. The Morgan fingerprint density at radius 1 is 1.21 bits per heavy atom. The molecule has 1 amide bonds. The number of carbonyl (C=O) groups excluding carboxylic acids is 1. The number of aryl methyl sites for hydroxylation is 2. The van der Waals surface area contributed by atoms with Gasteiger partial charge in [0.05, 0.1) is 17.8 Å². The maximum Gasteiger partial charge on any atom is 0.221 e. The molecule has 3 aromatic rings. The number of hydrogen-bond acceptors (Lipinski definition) is 3. The zero-order chi connectivity index (χ0) is 19.5. The Morgan fingerprint density at radius 2 is 1.96 bits per heavy atom. The first-order valence-electron chi connectivity index (χ1n) is 9.65. The van der Waals surface area contributed by atoms with Crippen molar-refractivity contribution in [3.05, 3.63) is 77.6 Å². The van der Waals surface area contributed by atoms with Crippen LogP contribution in [0.3, 0.4) is 0 Å². The Kier molecular flexibility index (Phi) is 5.24. The molecule has 1 saturated carbocycles. The summed E-state index contributed by atoms with van der Waals surface area (Å²) in [6.45, 7) is 2.06. The number of nitrogens with one attached hydrogen (secondary N) is 1. The lowest BCUT2D eigenvalue weighted by atomic mass is 10.0. The van der Waals surface area contributed by atoms with Crippen molar-refractivity contribution in [2.75, 3.05) is 0 Å². The summed E-state index contributed by atoms with van der Waals surface area (Å²) in [6.07, 6.45) is 4.46. The summed E-state index contributed by atoms with van der Waals surface area (Å²) >= 11 is 0. The highest BCUT2D eigenvalue weighted by Gasteiger charge is 2.33. The van der Waals surface area contributed by atoms with E-state index in [0.717, 1.165) is 18.4 Å². The van der Waals surface area contributed by atoms with E-state index in [0.29, 0.717) is 29.6 Å². The molecule has 1 aromatic heterocycles. The molecule has 0 bridgehead atoms. The lowest BCUT2D eigenvalue weighted by Crippen LogP contribution is -2.30. The first-order chi connectivity index (χ1) is 13.6. The molecule has 0 radical (unpaired) electrons. The van der Waals surface area contributed by atoms with Crippen molar-refractivity contribution in [3.63, 3.8) is 0 Å². The molecule has 4 rings (SSSR count). The van der Waals surface area contributed by atoms with Crippen LogP contribution in [0, 0.1) is 18.7 Å². The van der Waals surface area contributed by atoms with Crippen LogP contribution >= 0.6 is 0 Å². The molecular weight excluding hydrogens is 355 g/mol. The third-order valence-corrected chi connectivity index (χ3v) is 5.11. The number of nitrogens with zero attached hydrogens (tertiary/aromatic N) is 1. The molecule has 28 heavy (non-hydrogen) atoms. The van der Waals surface area contributed by atoms with E-state index in [1.54, 1.807) is 18.2 Å². The van der Waals surface area contributed by atoms with Gasteiger partial charge in [-0.1, -0.05) is 42.0 Å². The Morgan fingerprint density at radius 3 is 2.68 bits per heavy atom. The van der Waals surface area contributed by atoms with Gasteiger partial charge in [-0.15, -0.1) is 0 Å². The second-order valence-corrected chi connectivity index (χ2v) is 7.39. The first kappa shape index (κ1) is 18.4. The first-order valence-corrected chi connectivity index (χ1v) is 9.65. The summed E-state index contributed by atoms with van der Waals surface area (Å²) in [4.78, 5) is 16.7. The summed E-state index contributed by atoms with van der Waals surface area (Å²) in [5.41, 5.74) is 2.73. The van der Waals surface area contributed by atoms with Gasteiger partial charge in [0.15, 0.2) is 11.7 Å². The summed E-state index contributed by atoms with van der Waals surface area (Å²) in [6, 6.07) is 14.8. The average Bonchev–Trinajstić information content (AvgIpc) is 3.43. The van der Waals surface area contributed by atoms with Gasteiger partial charge in [0.1, 0.15) is 5.82 Å². The fourth-order valence-corrected chi connectivity index (χ4v) is 3.35. The van der Waals surface area contributed by atoms with E-state index in [-0.39, 0.29) is 24.2 Å². The molecule has 1 aliphatic rings. The van der Waals surface area contributed by atoms with Crippen LogP contribution in [0.25, 0.3) is 11.3 Å². The molecule has 1 heterocycles. The topological polar surface area (TPSA) is 55.1 Å². The van der Waals surface area contributed by atoms with E-state index >= 15 is 0 Å². The lowest BCUT2D eigenvalue weighted by molar-refractivity contribution is -0.122. The molecule has 4 nitrogen and oxygen atoms in total. The SMILES string of the molecule is Cc1ccc(C(NC(=O)CCc2ncc(-c3ccccc3F)o2)C2CC2)cc1. The summed E-state index contributed by atoms with van der Waals surface area (Å²) in [5, 5.41) is 3.16. The maximum atomic E-state index is 13.9. The van der Waals surface area contributed by atoms with Crippen LogP contribution in [0.15, 0.2) is 59.1 Å². The quantitative estimate of drug-likeness (QED) is 0.630. The second-order valence-electron chi connectivity index (χ2n) is 7.39. The fraction of sp³-hybridized carbons (Fsp3) is 0.304. The van der Waals surface area contributed by atoms with Crippen LogP contribution in [0.1, 0.15) is 42.3 Å². The average molecular weight is 378 g/mol. The minimum absolute atomic E-state index is 0.0249. The molecule has 0 aliphatic heterocycles. The van der Waals surface area contributed by atoms with Gasteiger partial charge < -0.3 is 9.73 Å². The van der Waals surface area contributed by atoms with Crippen LogP contribution in [-0.4, -0.2) is 10.9 Å². The number of halogens is 1. The molecule has 1 aliphatic carbocycles. The van der Waals surface area contributed by atoms with Crippen molar-refractivity contribution in [1.82, 2.24) is 10.3 Å². The standard InChI is InChI=1S/C23H23FN2O2/c1-15-6-8-16(9-7-15)23(17-10-11-17)26-21(27)12-13-22-25-14-20(28-22)18-4-2-3-5-19(18)24/h2-9,14,17,23H,10-13H2,1H3,(H,26,27).